The predicted molar refractivity (Wildman–Crippen MR) is 88.4 cm³/mol. The molecule has 0 bridgehead atoms. The molecule has 20 heavy (non-hydrogen) atoms. The maximum atomic E-state index is 4.91. The van der Waals surface area contributed by atoms with Crippen molar-refractivity contribution in [3.05, 3.63) is 63.6 Å². The van der Waals surface area contributed by atoms with E-state index in [2.05, 4.69) is 64.5 Å². The molecule has 2 aromatic carbocycles. The zero-order chi connectivity index (χ0) is 13.6. The molecule has 1 fully saturated rings. The highest BCUT2D eigenvalue weighted by molar-refractivity contribution is 9.10. The van der Waals surface area contributed by atoms with Gasteiger partial charge in [0.1, 0.15) is 5.01 Å². The van der Waals surface area contributed by atoms with Gasteiger partial charge in [-0.3, -0.25) is 0 Å². The quantitative estimate of drug-likeness (QED) is 0.596. The first-order valence-electron chi connectivity index (χ1n) is 6.90. The van der Waals surface area contributed by atoms with Gasteiger partial charge in [0.25, 0.3) is 0 Å². The summed E-state index contributed by atoms with van der Waals surface area (Å²) in [4.78, 5) is 4.91. The van der Waals surface area contributed by atoms with Crippen molar-refractivity contribution in [1.29, 1.82) is 0 Å². The van der Waals surface area contributed by atoms with Crippen LogP contribution < -0.4 is 0 Å². The third-order valence-corrected chi connectivity index (χ3v) is 6.08. The minimum atomic E-state index is 0.157. The van der Waals surface area contributed by atoms with E-state index in [1.807, 2.05) is 11.3 Å². The van der Waals surface area contributed by atoms with Crippen LogP contribution in [0.1, 0.15) is 29.8 Å². The van der Waals surface area contributed by atoms with Crippen molar-refractivity contribution in [3.8, 4) is 0 Å². The van der Waals surface area contributed by atoms with Crippen molar-refractivity contribution in [2.24, 2.45) is 0 Å². The van der Waals surface area contributed by atoms with Gasteiger partial charge in [0.2, 0.25) is 0 Å². The molecule has 0 aliphatic heterocycles. The molecular weight excluding hydrogens is 330 g/mol. The summed E-state index contributed by atoms with van der Waals surface area (Å²) >= 11 is 5.38. The smallest absolute Gasteiger partial charge is 0.104 e. The Morgan fingerprint density at radius 2 is 1.75 bits per heavy atom. The Balaban J connectivity index is 1.86. The van der Waals surface area contributed by atoms with E-state index in [9.17, 15) is 0 Å². The summed E-state index contributed by atoms with van der Waals surface area (Å²) in [5.41, 5.74) is 2.70. The minimum Gasteiger partial charge on any atom is -0.240 e. The third-order valence-electron chi connectivity index (χ3n) is 4.31. The van der Waals surface area contributed by atoms with Crippen LogP contribution in [-0.2, 0) is 5.41 Å². The summed E-state index contributed by atoms with van der Waals surface area (Å²) < 4.78 is 2.44. The molecule has 1 aliphatic rings. The molecule has 0 saturated heterocycles. The molecule has 0 atom stereocenters. The molecule has 4 rings (SSSR count). The van der Waals surface area contributed by atoms with Crippen LogP contribution in [0.5, 0.6) is 0 Å². The van der Waals surface area contributed by atoms with Gasteiger partial charge in [0.05, 0.1) is 10.2 Å². The van der Waals surface area contributed by atoms with Crippen LogP contribution in [0.4, 0.5) is 0 Å². The van der Waals surface area contributed by atoms with E-state index in [0.29, 0.717) is 0 Å². The fourth-order valence-electron chi connectivity index (χ4n) is 3.00. The van der Waals surface area contributed by atoms with Gasteiger partial charge >= 0.3 is 0 Å². The van der Waals surface area contributed by atoms with Crippen molar-refractivity contribution in [2.75, 3.05) is 0 Å². The summed E-state index contributed by atoms with van der Waals surface area (Å²) in [5, 5.41) is 1.28. The third kappa shape index (κ3) is 1.84. The lowest BCUT2D eigenvalue weighted by atomic mass is 9.65. The Morgan fingerprint density at radius 3 is 2.40 bits per heavy atom. The fourth-order valence-corrected chi connectivity index (χ4v) is 4.50. The lowest BCUT2D eigenvalue weighted by Gasteiger charge is -2.40. The topological polar surface area (TPSA) is 12.9 Å². The van der Waals surface area contributed by atoms with Gasteiger partial charge in [-0.15, -0.1) is 11.3 Å². The van der Waals surface area contributed by atoms with Crippen LogP contribution in [0.2, 0.25) is 0 Å². The number of rotatable bonds is 2. The Hall–Kier alpha value is -1.19. The molecule has 1 aliphatic carbocycles. The predicted octanol–water partition coefficient (Wildman–Crippen LogP) is 5.53. The molecule has 1 saturated carbocycles. The second kappa shape index (κ2) is 4.68. The number of halogens is 1. The van der Waals surface area contributed by atoms with E-state index in [1.165, 1.54) is 34.5 Å². The lowest BCUT2D eigenvalue weighted by molar-refractivity contribution is 0.301. The molecule has 0 unspecified atom stereocenters. The summed E-state index contributed by atoms with van der Waals surface area (Å²) in [7, 11) is 0. The van der Waals surface area contributed by atoms with Gasteiger partial charge in [-0.1, -0.05) is 46.6 Å². The van der Waals surface area contributed by atoms with E-state index >= 15 is 0 Å². The molecule has 1 aromatic heterocycles. The summed E-state index contributed by atoms with van der Waals surface area (Å²) in [6, 6.07) is 17.2. The van der Waals surface area contributed by atoms with Crippen LogP contribution in [0.25, 0.3) is 10.2 Å². The van der Waals surface area contributed by atoms with Crippen LogP contribution >= 0.6 is 27.3 Å². The SMILES string of the molecule is Brc1ccc(C2(c3nc4ccccc4s3)CCC2)cc1. The van der Waals surface area contributed by atoms with Crippen LogP contribution in [0, 0.1) is 0 Å². The first-order valence-corrected chi connectivity index (χ1v) is 8.51. The molecule has 1 nitrogen and oxygen atoms in total. The first kappa shape index (κ1) is 12.5. The normalized spacial score (nSPS) is 17.1. The van der Waals surface area contributed by atoms with Crippen LogP contribution in [-0.4, -0.2) is 4.98 Å². The number of aromatic nitrogens is 1. The highest BCUT2D eigenvalue weighted by Crippen LogP contribution is 2.50. The second-order valence-corrected chi connectivity index (χ2v) is 7.38. The number of hydrogen-bond acceptors (Lipinski definition) is 2. The highest BCUT2D eigenvalue weighted by Gasteiger charge is 2.42. The zero-order valence-corrected chi connectivity index (χ0v) is 13.4. The number of nitrogens with zero attached hydrogens (tertiary/aromatic N) is 1. The molecule has 0 spiro atoms. The van der Waals surface area contributed by atoms with Crippen molar-refractivity contribution in [3.63, 3.8) is 0 Å². The zero-order valence-electron chi connectivity index (χ0n) is 11.0. The van der Waals surface area contributed by atoms with Crippen molar-refractivity contribution < 1.29 is 0 Å². The minimum absolute atomic E-state index is 0.157. The fraction of sp³-hybridized carbons (Fsp3) is 0.235. The van der Waals surface area contributed by atoms with Gasteiger partial charge in [0, 0.05) is 9.89 Å². The first-order chi connectivity index (χ1) is 9.78. The van der Waals surface area contributed by atoms with Gasteiger partial charge in [0.15, 0.2) is 0 Å². The Kier molecular flexibility index (Phi) is 2.93. The maximum Gasteiger partial charge on any atom is 0.104 e. The van der Waals surface area contributed by atoms with Crippen molar-refractivity contribution >= 4 is 37.5 Å². The van der Waals surface area contributed by atoms with Crippen molar-refractivity contribution in [2.45, 2.75) is 24.7 Å². The number of benzene rings is 2. The molecule has 3 aromatic rings. The molecule has 0 amide bonds. The average Bonchev–Trinajstić information content (AvgIpc) is 2.83. The largest absolute Gasteiger partial charge is 0.240 e. The van der Waals surface area contributed by atoms with E-state index in [0.717, 1.165) is 9.99 Å². The lowest BCUT2D eigenvalue weighted by Crippen LogP contribution is -2.35. The van der Waals surface area contributed by atoms with Crippen LogP contribution in [0.15, 0.2) is 53.0 Å². The van der Waals surface area contributed by atoms with E-state index in [4.69, 9.17) is 4.98 Å². The van der Waals surface area contributed by atoms with Gasteiger partial charge < -0.3 is 0 Å². The van der Waals surface area contributed by atoms with E-state index in [1.54, 1.807) is 0 Å². The summed E-state index contributed by atoms with van der Waals surface area (Å²) in [6.07, 6.45) is 3.73. The Labute approximate surface area is 130 Å². The summed E-state index contributed by atoms with van der Waals surface area (Å²) in [5.74, 6) is 0. The monoisotopic (exact) mass is 343 g/mol. The average molecular weight is 344 g/mol. The molecule has 0 radical (unpaired) electrons. The molecule has 1 heterocycles. The molecule has 0 N–H and O–H groups in total. The maximum absolute atomic E-state index is 4.91. The van der Waals surface area contributed by atoms with Gasteiger partial charge in [-0.05, 0) is 42.7 Å². The number of thiazole rings is 1. The Bertz CT molecular complexity index is 723. The molecule has 100 valence electrons. The molecular formula is C17H14BrNS. The van der Waals surface area contributed by atoms with E-state index < -0.39 is 0 Å². The highest BCUT2D eigenvalue weighted by atomic mass is 79.9. The Morgan fingerprint density at radius 1 is 1.00 bits per heavy atom. The number of para-hydroxylation sites is 1. The van der Waals surface area contributed by atoms with E-state index in [-0.39, 0.29) is 5.41 Å². The van der Waals surface area contributed by atoms with Gasteiger partial charge in [-0.2, -0.15) is 0 Å². The number of hydrogen-bond donors (Lipinski definition) is 0. The molecule has 3 heteroatoms. The van der Waals surface area contributed by atoms with Crippen LogP contribution in [0.3, 0.4) is 0 Å². The number of fused-ring (bicyclic) bond motifs is 1. The second-order valence-electron chi connectivity index (χ2n) is 5.43. The van der Waals surface area contributed by atoms with Crippen molar-refractivity contribution in [1.82, 2.24) is 4.98 Å². The summed E-state index contributed by atoms with van der Waals surface area (Å²) in [6.45, 7) is 0. The standard InChI is InChI=1S/C17H14BrNS/c18-13-8-6-12(7-9-13)17(10-3-11-17)16-19-14-4-1-2-5-15(14)20-16/h1-2,4-9H,3,10-11H2. The van der Waals surface area contributed by atoms with Gasteiger partial charge in [-0.25, -0.2) is 4.98 Å².